The molecule has 1 saturated heterocycles. The van der Waals surface area contributed by atoms with Crippen LogP contribution in [0.3, 0.4) is 0 Å². The molecule has 4 heterocycles. The summed E-state index contributed by atoms with van der Waals surface area (Å²) >= 11 is 0. The number of nitrogens with one attached hydrogen (secondary N) is 1. The molecular formula is C25H23F2N5O3. The first-order valence-corrected chi connectivity index (χ1v) is 11.3. The minimum atomic E-state index is -0.998. The number of aromatic nitrogens is 1. The SMILES string of the molecule is O=C(C1=CNC2N=CC=CC12)N1CCN(C(=O)c2cccn(Cc3ccc(F)c(F)c3)c2=O)CC1. The Balaban J connectivity index is 1.24. The summed E-state index contributed by atoms with van der Waals surface area (Å²) in [7, 11) is 0. The van der Waals surface area contributed by atoms with Gasteiger partial charge < -0.3 is 19.7 Å². The van der Waals surface area contributed by atoms with Gasteiger partial charge >= 0.3 is 0 Å². The summed E-state index contributed by atoms with van der Waals surface area (Å²) in [6.45, 7) is 1.29. The van der Waals surface area contributed by atoms with Gasteiger partial charge in [-0.25, -0.2) is 8.78 Å². The zero-order chi connectivity index (χ0) is 24.5. The summed E-state index contributed by atoms with van der Waals surface area (Å²) in [5, 5.41) is 3.11. The van der Waals surface area contributed by atoms with E-state index in [1.54, 1.807) is 28.3 Å². The van der Waals surface area contributed by atoms with Gasteiger partial charge in [0.1, 0.15) is 11.7 Å². The second-order valence-corrected chi connectivity index (χ2v) is 8.61. The van der Waals surface area contributed by atoms with Gasteiger partial charge in [0.05, 0.1) is 6.54 Å². The first-order valence-electron chi connectivity index (χ1n) is 11.3. The lowest BCUT2D eigenvalue weighted by molar-refractivity contribution is -0.129. The van der Waals surface area contributed by atoms with Crippen LogP contribution in [0.4, 0.5) is 8.78 Å². The van der Waals surface area contributed by atoms with E-state index in [1.807, 2.05) is 12.2 Å². The number of dihydropyridines is 1. The quantitative estimate of drug-likeness (QED) is 0.721. The monoisotopic (exact) mass is 479 g/mol. The number of rotatable bonds is 4. The lowest BCUT2D eigenvalue weighted by atomic mass is 9.96. The maximum atomic E-state index is 13.5. The highest BCUT2D eigenvalue weighted by Crippen LogP contribution is 2.27. The minimum Gasteiger partial charge on any atom is -0.369 e. The van der Waals surface area contributed by atoms with Crippen LogP contribution in [-0.2, 0) is 11.3 Å². The van der Waals surface area contributed by atoms with E-state index in [-0.39, 0.29) is 30.1 Å². The second kappa shape index (κ2) is 9.28. The smallest absolute Gasteiger partial charge is 0.263 e. The van der Waals surface area contributed by atoms with Gasteiger partial charge in [-0.1, -0.05) is 12.1 Å². The first kappa shape index (κ1) is 22.7. The van der Waals surface area contributed by atoms with Gasteiger partial charge in [0.2, 0.25) is 0 Å². The first-order chi connectivity index (χ1) is 16.9. The molecule has 0 aliphatic carbocycles. The molecule has 3 aliphatic rings. The maximum absolute atomic E-state index is 13.5. The van der Waals surface area contributed by atoms with Gasteiger partial charge in [0, 0.05) is 56.3 Å². The molecule has 35 heavy (non-hydrogen) atoms. The third kappa shape index (κ3) is 4.39. The normalized spacial score (nSPS) is 20.9. The lowest BCUT2D eigenvalue weighted by Crippen LogP contribution is -2.52. The van der Waals surface area contributed by atoms with Crippen molar-refractivity contribution in [1.82, 2.24) is 19.7 Å². The highest BCUT2D eigenvalue weighted by Gasteiger charge is 2.36. The Morgan fingerprint density at radius 3 is 2.51 bits per heavy atom. The molecule has 0 saturated carbocycles. The minimum absolute atomic E-state index is 0.00321. The molecule has 0 spiro atoms. The fourth-order valence-corrected chi connectivity index (χ4v) is 4.53. The highest BCUT2D eigenvalue weighted by molar-refractivity contribution is 5.96. The van der Waals surface area contributed by atoms with Crippen molar-refractivity contribution in [2.24, 2.45) is 10.9 Å². The summed E-state index contributed by atoms with van der Waals surface area (Å²) in [6, 6.07) is 6.45. The molecule has 2 atom stereocenters. The van der Waals surface area contributed by atoms with Crippen molar-refractivity contribution in [3.05, 3.63) is 93.6 Å². The molecule has 1 N–H and O–H groups in total. The number of pyridine rings is 1. The van der Waals surface area contributed by atoms with Gasteiger partial charge in [0.25, 0.3) is 17.4 Å². The van der Waals surface area contributed by atoms with Crippen molar-refractivity contribution in [2.45, 2.75) is 12.7 Å². The Kier molecular flexibility index (Phi) is 6.02. The van der Waals surface area contributed by atoms with Crippen LogP contribution in [0.2, 0.25) is 0 Å². The van der Waals surface area contributed by atoms with E-state index in [1.165, 1.54) is 22.9 Å². The molecule has 0 bridgehead atoms. The molecule has 8 nitrogen and oxygen atoms in total. The molecule has 0 radical (unpaired) electrons. The number of carbonyl (C=O) groups excluding carboxylic acids is 2. The topological polar surface area (TPSA) is 87.0 Å². The number of carbonyl (C=O) groups is 2. The summed E-state index contributed by atoms with van der Waals surface area (Å²) < 4.78 is 28.0. The second-order valence-electron chi connectivity index (χ2n) is 8.61. The average Bonchev–Trinajstić information content (AvgIpc) is 3.31. The molecule has 1 aromatic heterocycles. The van der Waals surface area contributed by atoms with Crippen LogP contribution in [0.5, 0.6) is 0 Å². The summed E-state index contributed by atoms with van der Waals surface area (Å²) in [5.74, 6) is -2.58. The van der Waals surface area contributed by atoms with Gasteiger partial charge in [0.15, 0.2) is 11.6 Å². The number of hydrogen-bond acceptors (Lipinski definition) is 5. The maximum Gasteiger partial charge on any atom is 0.263 e. The predicted molar refractivity (Wildman–Crippen MR) is 125 cm³/mol. The van der Waals surface area contributed by atoms with Crippen molar-refractivity contribution < 1.29 is 18.4 Å². The molecule has 180 valence electrons. The highest BCUT2D eigenvalue weighted by atomic mass is 19.2. The van der Waals surface area contributed by atoms with Gasteiger partial charge in [-0.2, -0.15) is 0 Å². The predicted octanol–water partition coefficient (Wildman–Crippen LogP) is 1.53. The summed E-state index contributed by atoms with van der Waals surface area (Å²) in [5.41, 5.74) is 0.523. The van der Waals surface area contributed by atoms with Crippen molar-refractivity contribution in [3.63, 3.8) is 0 Å². The number of piperazine rings is 1. The van der Waals surface area contributed by atoms with Crippen molar-refractivity contribution >= 4 is 18.0 Å². The number of aliphatic imine (C=N–C) groups is 1. The Bertz CT molecular complexity index is 1320. The van der Waals surface area contributed by atoms with E-state index in [9.17, 15) is 23.2 Å². The van der Waals surface area contributed by atoms with E-state index < -0.39 is 23.1 Å². The van der Waals surface area contributed by atoms with E-state index in [0.717, 1.165) is 12.1 Å². The fourth-order valence-electron chi connectivity index (χ4n) is 4.53. The largest absolute Gasteiger partial charge is 0.369 e. The van der Waals surface area contributed by atoms with Crippen LogP contribution in [0.25, 0.3) is 0 Å². The van der Waals surface area contributed by atoms with Crippen LogP contribution in [0, 0.1) is 17.6 Å². The molecule has 10 heteroatoms. The molecule has 2 unspecified atom stereocenters. The van der Waals surface area contributed by atoms with Gasteiger partial charge in [-0.15, -0.1) is 0 Å². The molecule has 3 aliphatic heterocycles. The third-order valence-corrected chi connectivity index (χ3v) is 6.45. The molecule has 2 amide bonds. The molecular weight excluding hydrogens is 456 g/mol. The molecule has 5 rings (SSSR count). The number of nitrogens with zero attached hydrogens (tertiary/aromatic N) is 4. The molecule has 1 fully saturated rings. The zero-order valence-electron chi connectivity index (χ0n) is 18.7. The Hall–Kier alpha value is -4.08. The van der Waals surface area contributed by atoms with Crippen LogP contribution in [-0.4, -0.2) is 64.7 Å². The number of amides is 2. The van der Waals surface area contributed by atoms with Gasteiger partial charge in [-0.05, 0) is 35.9 Å². The zero-order valence-corrected chi connectivity index (χ0v) is 18.7. The van der Waals surface area contributed by atoms with E-state index in [4.69, 9.17) is 0 Å². The number of fused-ring (bicyclic) bond motifs is 1. The number of hydrogen-bond donors (Lipinski definition) is 1. The fraction of sp³-hybridized carbons (Fsp3) is 0.280. The van der Waals surface area contributed by atoms with E-state index >= 15 is 0 Å². The van der Waals surface area contributed by atoms with Crippen LogP contribution in [0.15, 0.2) is 70.2 Å². The molecule has 2 aromatic rings. The van der Waals surface area contributed by atoms with Crippen molar-refractivity contribution in [3.8, 4) is 0 Å². The van der Waals surface area contributed by atoms with Crippen molar-refractivity contribution in [1.29, 1.82) is 0 Å². The van der Waals surface area contributed by atoms with Crippen LogP contribution >= 0.6 is 0 Å². The standard InChI is InChI=1S/C25H23F2N5O3/c26-20-6-5-16(13-21(20)27)15-32-8-2-4-18(24(32)34)23(33)30-9-11-31(12-10-30)25(35)19-14-29-22-17(19)3-1-7-28-22/h1-8,13-14,17,22,29H,9-12,15H2. The third-order valence-electron chi connectivity index (χ3n) is 6.45. The van der Waals surface area contributed by atoms with Crippen molar-refractivity contribution in [2.75, 3.05) is 26.2 Å². The average molecular weight is 479 g/mol. The Labute approximate surface area is 199 Å². The number of allylic oxidation sites excluding steroid dienone is 1. The summed E-state index contributed by atoms with van der Waals surface area (Å²) in [4.78, 5) is 46.7. The van der Waals surface area contributed by atoms with E-state index in [2.05, 4.69) is 10.3 Å². The number of halogens is 2. The van der Waals surface area contributed by atoms with Crippen LogP contribution in [0.1, 0.15) is 15.9 Å². The Morgan fingerprint density at radius 1 is 1.03 bits per heavy atom. The van der Waals surface area contributed by atoms with Crippen LogP contribution < -0.4 is 10.9 Å². The Morgan fingerprint density at radius 2 is 1.77 bits per heavy atom. The molecule has 1 aromatic carbocycles. The summed E-state index contributed by atoms with van der Waals surface area (Å²) in [6.07, 6.45) is 8.52. The van der Waals surface area contributed by atoms with Gasteiger partial charge in [-0.3, -0.25) is 19.4 Å². The lowest BCUT2D eigenvalue weighted by Gasteiger charge is -2.35. The van der Waals surface area contributed by atoms with E-state index in [0.29, 0.717) is 37.3 Å². The number of benzene rings is 1.